The Morgan fingerprint density at radius 1 is 1.23 bits per heavy atom. The van der Waals surface area contributed by atoms with Crippen molar-refractivity contribution in [2.24, 2.45) is 5.41 Å². The van der Waals surface area contributed by atoms with Crippen LogP contribution in [0.2, 0.25) is 0 Å². The number of carbonyl (C=O) groups is 1. The number of amides is 1. The number of hydrogen-bond acceptors (Lipinski definition) is 1. The standard InChI is InChI=1S/C19H26N2O/c1-19(2,3)12-18(22)21-10-8-14(9-11-21)16-13-20-17-7-5-4-6-15(16)17/h4-7,13-14,20H,8-12H2,1-3H3. The molecule has 1 aromatic heterocycles. The van der Waals surface area contributed by atoms with Gasteiger partial charge in [0.25, 0.3) is 0 Å². The minimum Gasteiger partial charge on any atom is -0.361 e. The average Bonchev–Trinajstić information content (AvgIpc) is 2.89. The van der Waals surface area contributed by atoms with Crippen molar-refractivity contribution in [1.29, 1.82) is 0 Å². The van der Waals surface area contributed by atoms with E-state index in [4.69, 9.17) is 0 Å². The van der Waals surface area contributed by atoms with Gasteiger partial charge in [0.1, 0.15) is 0 Å². The SMILES string of the molecule is CC(C)(C)CC(=O)N1CCC(c2c[nH]c3ccccc23)CC1. The number of H-pyrrole nitrogens is 1. The van der Waals surface area contributed by atoms with Gasteiger partial charge in [-0.25, -0.2) is 0 Å². The summed E-state index contributed by atoms with van der Waals surface area (Å²) >= 11 is 0. The van der Waals surface area contributed by atoms with E-state index >= 15 is 0 Å². The van der Waals surface area contributed by atoms with Crippen LogP contribution in [0.4, 0.5) is 0 Å². The Morgan fingerprint density at radius 3 is 2.59 bits per heavy atom. The first-order valence-corrected chi connectivity index (χ1v) is 8.28. The first kappa shape index (κ1) is 15.1. The first-order chi connectivity index (χ1) is 10.4. The van der Waals surface area contributed by atoms with E-state index in [2.05, 4.69) is 61.1 Å². The zero-order chi connectivity index (χ0) is 15.7. The molecule has 1 saturated heterocycles. The Bertz CT molecular complexity index is 657. The molecule has 0 saturated carbocycles. The fraction of sp³-hybridized carbons (Fsp3) is 0.526. The number of aromatic amines is 1. The molecule has 1 amide bonds. The Labute approximate surface area is 132 Å². The molecule has 1 aliphatic rings. The summed E-state index contributed by atoms with van der Waals surface area (Å²) in [5, 5.41) is 1.34. The van der Waals surface area contributed by atoms with E-state index < -0.39 is 0 Å². The van der Waals surface area contributed by atoms with Crippen LogP contribution < -0.4 is 0 Å². The van der Waals surface area contributed by atoms with Crippen LogP contribution in [0, 0.1) is 5.41 Å². The molecule has 0 bridgehead atoms. The molecule has 3 rings (SSSR count). The molecule has 0 aliphatic carbocycles. The number of para-hydroxylation sites is 1. The van der Waals surface area contributed by atoms with Gasteiger partial charge in [-0.1, -0.05) is 39.0 Å². The highest BCUT2D eigenvalue weighted by Gasteiger charge is 2.27. The maximum atomic E-state index is 12.3. The molecule has 2 heterocycles. The zero-order valence-electron chi connectivity index (χ0n) is 13.9. The monoisotopic (exact) mass is 298 g/mol. The highest BCUT2D eigenvalue weighted by molar-refractivity contribution is 5.83. The van der Waals surface area contributed by atoms with Crippen LogP contribution in [0.3, 0.4) is 0 Å². The third kappa shape index (κ3) is 3.18. The second-order valence-electron chi connectivity index (χ2n) is 7.68. The van der Waals surface area contributed by atoms with Crippen molar-refractivity contribution in [2.75, 3.05) is 13.1 Å². The minimum absolute atomic E-state index is 0.0742. The predicted octanol–water partition coefficient (Wildman–Crippen LogP) is 4.31. The Morgan fingerprint density at radius 2 is 1.91 bits per heavy atom. The normalized spacial score (nSPS) is 17.1. The lowest BCUT2D eigenvalue weighted by molar-refractivity contribution is -0.134. The van der Waals surface area contributed by atoms with Gasteiger partial charge in [-0.15, -0.1) is 0 Å². The lowest BCUT2D eigenvalue weighted by Crippen LogP contribution is -2.39. The fourth-order valence-corrected chi connectivity index (χ4v) is 3.44. The molecule has 3 nitrogen and oxygen atoms in total. The quantitative estimate of drug-likeness (QED) is 0.881. The Balaban J connectivity index is 1.66. The second-order valence-corrected chi connectivity index (χ2v) is 7.68. The van der Waals surface area contributed by atoms with E-state index in [1.165, 1.54) is 16.5 Å². The van der Waals surface area contributed by atoms with Gasteiger partial charge in [0.05, 0.1) is 0 Å². The molecular weight excluding hydrogens is 272 g/mol. The molecule has 1 aliphatic heterocycles. The number of benzene rings is 1. The molecule has 22 heavy (non-hydrogen) atoms. The third-order valence-corrected chi connectivity index (χ3v) is 4.59. The Hall–Kier alpha value is -1.77. The number of nitrogens with one attached hydrogen (secondary N) is 1. The number of rotatable bonds is 2. The number of fused-ring (bicyclic) bond motifs is 1. The van der Waals surface area contributed by atoms with Crippen molar-refractivity contribution >= 4 is 16.8 Å². The van der Waals surface area contributed by atoms with Crippen molar-refractivity contribution < 1.29 is 4.79 Å². The maximum Gasteiger partial charge on any atom is 0.223 e. The van der Waals surface area contributed by atoms with Crippen LogP contribution in [0.5, 0.6) is 0 Å². The van der Waals surface area contributed by atoms with E-state index in [1.54, 1.807) is 0 Å². The number of aromatic nitrogens is 1. The summed E-state index contributed by atoms with van der Waals surface area (Å²) in [6, 6.07) is 8.48. The number of hydrogen-bond donors (Lipinski definition) is 1. The molecule has 118 valence electrons. The van der Waals surface area contributed by atoms with Crippen molar-refractivity contribution in [3.63, 3.8) is 0 Å². The molecule has 0 atom stereocenters. The van der Waals surface area contributed by atoms with E-state index in [-0.39, 0.29) is 5.41 Å². The smallest absolute Gasteiger partial charge is 0.223 e. The van der Waals surface area contributed by atoms with Crippen molar-refractivity contribution in [3.05, 3.63) is 36.0 Å². The van der Waals surface area contributed by atoms with Crippen LogP contribution >= 0.6 is 0 Å². The fourth-order valence-electron chi connectivity index (χ4n) is 3.44. The third-order valence-electron chi connectivity index (χ3n) is 4.59. The van der Waals surface area contributed by atoms with Crippen molar-refractivity contribution in [1.82, 2.24) is 9.88 Å². The van der Waals surface area contributed by atoms with Gasteiger partial charge >= 0.3 is 0 Å². The van der Waals surface area contributed by atoms with Gasteiger partial charge in [-0.3, -0.25) is 4.79 Å². The maximum absolute atomic E-state index is 12.3. The largest absolute Gasteiger partial charge is 0.361 e. The van der Waals surface area contributed by atoms with E-state index in [0.29, 0.717) is 18.2 Å². The summed E-state index contributed by atoms with van der Waals surface area (Å²) in [5.41, 5.74) is 2.70. The summed E-state index contributed by atoms with van der Waals surface area (Å²) in [6.07, 6.45) is 4.93. The second kappa shape index (κ2) is 5.79. The van der Waals surface area contributed by atoms with E-state index in [9.17, 15) is 4.79 Å². The minimum atomic E-state index is 0.0742. The van der Waals surface area contributed by atoms with Crippen molar-refractivity contribution in [3.8, 4) is 0 Å². The van der Waals surface area contributed by atoms with Gasteiger partial charge in [-0.05, 0) is 35.8 Å². The number of nitrogens with zero attached hydrogens (tertiary/aromatic N) is 1. The van der Waals surface area contributed by atoms with E-state index in [1.807, 2.05) is 0 Å². The van der Waals surface area contributed by atoms with Crippen LogP contribution in [0.25, 0.3) is 10.9 Å². The number of piperidine rings is 1. The molecule has 1 N–H and O–H groups in total. The summed E-state index contributed by atoms with van der Waals surface area (Å²) in [7, 11) is 0. The molecule has 0 spiro atoms. The van der Waals surface area contributed by atoms with E-state index in [0.717, 1.165) is 25.9 Å². The lowest BCUT2D eigenvalue weighted by atomic mass is 9.87. The lowest BCUT2D eigenvalue weighted by Gasteiger charge is -2.33. The number of likely N-dealkylation sites (tertiary alicyclic amines) is 1. The summed E-state index contributed by atoms with van der Waals surface area (Å²) in [6.45, 7) is 8.16. The summed E-state index contributed by atoms with van der Waals surface area (Å²) in [5.74, 6) is 0.875. The van der Waals surface area contributed by atoms with Crippen LogP contribution in [0.1, 0.15) is 51.5 Å². The molecule has 2 aromatic rings. The molecule has 1 fully saturated rings. The van der Waals surface area contributed by atoms with Crippen LogP contribution in [-0.4, -0.2) is 28.9 Å². The van der Waals surface area contributed by atoms with Gasteiger partial charge in [0.15, 0.2) is 0 Å². The number of carbonyl (C=O) groups excluding carboxylic acids is 1. The predicted molar refractivity (Wildman–Crippen MR) is 90.9 cm³/mol. The molecule has 3 heteroatoms. The first-order valence-electron chi connectivity index (χ1n) is 8.28. The Kier molecular flexibility index (Phi) is 3.98. The highest BCUT2D eigenvalue weighted by atomic mass is 16.2. The highest BCUT2D eigenvalue weighted by Crippen LogP contribution is 2.33. The van der Waals surface area contributed by atoms with Gasteiger partial charge in [0, 0.05) is 36.6 Å². The molecule has 1 aromatic carbocycles. The van der Waals surface area contributed by atoms with Gasteiger partial charge in [-0.2, -0.15) is 0 Å². The summed E-state index contributed by atoms with van der Waals surface area (Å²) < 4.78 is 0. The molecule has 0 radical (unpaired) electrons. The zero-order valence-corrected chi connectivity index (χ0v) is 13.9. The van der Waals surface area contributed by atoms with Crippen LogP contribution in [0.15, 0.2) is 30.5 Å². The molecular formula is C19H26N2O. The molecule has 0 unspecified atom stereocenters. The summed E-state index contributed by atoms with van der Waals surface area (Å²) in [4.78, 5) is 17.8. The topological polar surface area (TPSA) is 36.1 Å². The van der Waals surface area contributed by atoms with Gasteiger partial charge < -0.3 is 9.88 Å². The van der Waals surface area contributed by atoms with Crippen LogP contribution in [-0.2, 0) is 4.79 Å². The average molecular weight is 298 g/mol. The van der Waals surface area contributed by atoms with Gasteiger partial charge in [0.2, 0.25) is 5.91 Å². The van der Waals surface area contributed by atoms with Crippen molar-refractivity contribution in [2.45, 2.75) is 46.0 Å².